The van der Waals surface area contributed by atoms with Crippen molar-refractivity contribution in [3.63, 3.8) is 0 Å². The topological polar surface area (TPSA) is 69.6 Å². The summed E-state index contributed by atoms with van der Waals surface area (Å²) in [6.07, 6.45) is 17.4. The average Bonchev–Trinajstić information content (AvgIpc) is 2.69. The molecule has 0 aliphatic heterocycles. The Morgan fingerprint density at radius 1 is 0.821 bits per heavy atom. The molecule has 0 rings (SSSR count). The third-order valence-corrected chi connectivity index (χ3v) is 5.09. The Balaban J connectivity index is 3.71. The summed E-state index contributed by atoms with van der Waals surface area (Å²) in [6, 6.07) is -0.695. The van der Waals surface area contributed by atoms with Crippen LogP contribution in [0.2, 0.25) is 0 Å². The van der Waals surface area contributed by atoms with Crippen molar-refractivity contribution < 1.29 is 15.0 Å². The van der Waals surface area contributed by atoms with E-state index in [1.807, 2.05) is 0 Å². The number of amides is 1. The van der Waals surface area contributed by atoms with E-state index < -0.39 is 12.1 Å². The third kappa shape index (κ3) is 17.1. The molecular formula is C24H45NO3. The molecule has 0 aliphatic rings. The van der Waals surface area contributed by atoms with Gasteiger partial charge in [-0.3, -0.25) is 4.79 Å². The minimum Gasteiger partial charge on any atom is -0.394 e. The van der Waals surface area contributed by atoms with Crippen molar-refractivity contribution >= 4 is 5.91 Å². The van der Waals surface area contributed by atoms with E-state index in [0.717, 1.165) is 32.1 Å². The molecule has 164 valence electrons. The van der Waals surface area contributed by atoms with Crippen LogP contribution in [0.25, 0.3) is 0 Å². The van der Waals surface area contributed by atoms with E-state index in [2.05, 4.69) is 31.0 Å². The molecule has 28 heavy (non-hydrogen) atoms. The molecule has 0 aromatic carbocycles. The maximum absolute atomic E-state index is 11.8. The summed E-state index contributed by atoms with van der Waals surface area (Å²) in [6.45, 7) is 4.04. The minimum atomic E-state index is -1.01. The molecule has 0 saturated heterocycles. The Bertz CT molecular complexity index is 414. The Labute approximate surface area is 173 Å². The second-order valence-corrected chi connectivity index (χ2v) is 7.87. The third-order valence-electron chi connectivity index (χ3n) is 5.09. The zero-order chi connectivity index (χ0) is 20.9. The summed E-state index contributed by atoms with van der Waals surface area (Å²) in [7, 11) is 0. The molecule has 0 radical (unpaired) electrons. The lowest BCUT2D eigenvalue weighted by atomic mass is 10.1. The van der Waals surface area contributed by atoms with Gasteiger partial charge in [0.15, 0.2) is 0 Å². The molecular weight excluding hydrogens is 350 g/mol. The van der Waals surface area contributed by atoms with Crippen molar-refractivity contribution in [3.05, 3.63) is 0 Å². The molecule has 4 nitrogen and oxygen atoms in total. The van der Waals surface area contributed by atoms with Gasteiger partial charge in [-0.15, -0.1) is 5.92 Å². The highest BCUT2D eigenvalue weighted by Gasteiger charge is 2.18. The fourth-order valence-electron chi connectivity index (χ4n) is 3.19. The van der Waals surface area contributed by atoms with Gasteiger partial charge in [-0.2, -0.15) is 0 Å². The van der Waals surface area contributed by atoms with Crippen molar-refractivity contribution in [2.45, 2.75) is 129 Å². The molecule has 2 atom stereocenters. The molecule has 4 heteroatoms. The van der Waals surface area contributed by atoms with Gasteiger partial charge in [0.25, 0.3) is 0 Å². The summed E-state index contributed by atoms with van der Waals surface area (Å²) < 4.78 is 0. The number of unbranched alkanes of at least 4 members (excludes halogenated alkanes) is 13. The number of hydrogen-bond donors (Lipinski definition) is 3. The van der Waals surface area contributed by atoms with Gasteiger partial charge in [-0.05, 0) is 12.8 Å². The Morgan fingerprint density at radius 3 is 1.86 bits per heavy atom. The van der Waals surface area contributed by atoms with E-state index in [1.165, 1.54) is 64.2 Å². The Hall–Kier alpha value is -1.05. The van der Waals surface area contributed by atoms with E-state index in [-0.39, 0.29) is 12.5 Å². The van der Waals surface area contributed by atoms with Crippen LogP contribution in [0.1, 0.15) is 117 Å². The van der Waals surface area contributed by atoms with E-state index in [4.69, 9.17) is 0 Å². The Morgan fingerprint density at radius 2 is 1.32 bits per heavy atom. The van der Waals surface area contributed by atoms with Gasteiger partial charge in [0.05, 0.1) is 12.6 Å². The normalized spacial score (nSPS) is 12.9. The van der Waals surface area contributed by atoms with E-state index in [0.29, 0.717) is 6.42 Å². The molecule has 0 spiro atoms. The van der Waals surface area contributed by atoms with Crippen LogP contribution in [0.3, 0.4) is 0 Å². The molecule has 0 heterocycles. The molecule has 0 saturated carbocycles. The number of aliphatic hydroxyl groups excluding tert-OH is 2. The van der Waals surface area contributed by atoms with Gasteiger partial charge in [0.1, 0.15) is 6.10 Å². The molecule has 0 bridgehead atoms. The summed E-state index contributed by atoms with van der Waals surface area (Å²) in [5, 5.41) is 22.1. The van der Waals surface area contributed by atoms with Gasteiger partial charge >= 0.3 is 0 Å². The predicted molar refractivity (Wildman–Crippen MR) is 118 cm³/mol. The van der Waals surface area contributed by atoms with Gasteiger partial charge in [0.2, 0.25) is 5.91 Å². The van der Waals surface area contributed by atoms with Crippen molar-refractivity contribution in [3.8, 4) is 11.8 Å². The van der Waals surface area contributed by atoms with Crippen LogP contribution < -0.4 is 5.32 Å². The van der Waals surface area contributed by atoms with E-state index in [1.54, 1.807) is 0 Å². The van der Waals surface area contributed by atoms with Gasteiger partial charge < -0.3 is 15.5 Å². The smallest absolute Gasteiger partial charge is 0.220 e. The van der Waals surface area contributed by atoms with Crippen molar-refractivity contribution in [2.75, 3.05) is 6.61 Å². The summed E-state index contributed by atoms with van der Waals surface area (Å²) >= 11 is 0. The fourth-order valence-corrected chi connectivity index (χ4v) is 3.19. The zero-order valence-electron chi connectivity index (χ0n) is 18.5. The first kappa shape index (κ1) is 27.0. The first-order valence-corrected chi connectivity index (χ1v) is 11.7. The number of carbonyl (C=O) groups excluding carboxylic acids is 1. The fraction of sp³-hybridized carbons (Fsp3) is 0.875. The highest BCUT2D eigenvalue weighted by atomic mass is 16.3. The van der Waals surface area contributed by atoms with Crippen molar-refractivity contribution in [2.24, 2.45) is 0 Å². The van der Waals surface area contributed by atoms with Crippen LogP contribution in [0, 0.1) is 11.8 Å². The second kappa shape index (κ2) is 20.7. The van der Waals surface area contributed by atoms with Crippen LogP contribution in [-0.2, 0) is 4.79 Å². The lowest BCUT2D eigenvalue weighted by Gasteiger charge is -2.18. The SMILES string of the molecule is CCCCCCCCCCCCCC#C[C@@H](O)[C@H](CO)NC(=O)CCCCC. The molecule has 1 amide bonds. The molecule has 0 unspecified atom stereocenters. The zero-order valence-corrected chi connectivity index (χ0v) is 18.5. The number of hydrogen-bond acceptors (Lipinski definition) is 3. The quantitative estimate of drug-likeness (QED) is 0.223. The van der Waals surface area contributed by atoms with E-state index in [9.17, 15) is 15.0 Å². The first-order chi connectivity index (χ1) is 13.7. The highest BCUT2D eigenvalue weighted by molar-refractivity contribution is 5.76. The molecule has 0 aromatic heterocycles. The summed E-state index contributed by atoms with van der Waals surface area (Å²) in [5.41, 5.74) is 0. The van der Waals surface area contributed by atoms with Crippen LogP contribution >= 0.6 is 0 Å². The minimum absolute atomic E-state index is 0.126. The summed E-state index contributed by atoms with van der Waals surface area (Å²) in [4.78, 5) is 11.8. The molecule has 0 aromatic rings. The van der Waals surface area contributed by atoms with Gasteiger partial charge in [0, 0.05) is 12.8 Å². The highest BCUT2D eigenvalue weighted by Crippen LogP contribution is 2.11. The predicted octanol–water partition coefficient (Wildman–Crippen LogP) is 5.11. The number of aliphatic hydroxyl groups is 2. The second-order valence-electron chi connectivity index (χ2n) is 7.87. The van der Waals surface area contributed by atoms with Gasteiger partial charge in [-0.1, -0.05) is 96.8 Å². The molecule has 0 aliphatic carbocycles. The maximum Gasteiger partial charge on any atom is 0.220 e. The van der Waals surface area contributed by atoms with Crippen LogP contribution in [0.4, 0.5) is 0 Å². The Kier molecular flexibility index (Phi) is 19.9. The molecule has 0 fully saturated rings. The van der Waals surface area contributed by atoms with Crippen LogP contribution in [0.15, 0.2) is 0 Å². The lowest BCUT2D eigenvalue weighted by molar-refractivity contribution is -0.122. The van der Waals surface area contributed by atoms with Crippen molar-refractivity contribution in [1.82, 2.24) is 5.32 Å². The molecule has 3 N–H and O–H groups in total. The van der Waals surface area contributed by atoms with E-state index >= 15 is 0 Å². The summed E-state index contributed by atoms with van der Waals surface area (Å²) in [5.74, 6) is 5.64. The number of carbonyl (C=O) groups is 1. The first-order valence-electron chi connectivity index (χ1n) is 11.7. The average molecular weight is 396 g/mol. The largest absolute Gasteiger partial charge is 0.394 e. The van der Waals surface area contributed by atoms with Crippen LogP contribution in [0.5, 0.6) is 0 Å². The monoisotopic (exact) mass is 395 g/mol. The lowest BCUT2D eigenvalue weighted by Crippen LogP contribution is -2.45. The van der Waals surface area contributed by atoms with Gasteiger partial charge in [-0.25, -0.2) is 0 Å². The standard InChI is InChI=1S/C24H45NO3/c1-3-5-7-8-9-10-11-12-13-14-15-16-18-19-23(27)22(21-26)25-24(28)20-17-6-4-2/h22-23,26-27H,3-17,20-21H2,1-2H3,(H,25,28)/t22-,23+/m0/s1. The maximum atomic E-state index is 11.8. The number of nitrogens with one attached hydrogen (secondary N) is 1. The van der Waals surface area contributed by atoms with Crippen LogP contribution in [-0.4, -0.2) is 34.9 Å². The van der Waals surface area contributed by atoms with Crippen molar-refractivity contribution in [1.29, 1.82) is 0 Å². The number of rotatable bonds is 18.